The highest BCUT2D eigenvalue weighted by Crippen LogP contribution is 2.27. The van der Waals surface area contributed by atoms with Crippen LogP contribution in [-0.2, 0) is 4.74 Å². The number of nitrogens with zero attached hydrogens (tertiary/aromatic N) is 3. The summed E-state index contributed by atoms with van der Waals surface area (Å²) in [5.41, 5.74) is 1.88. The van der Waals surface area contributed by atoms with Crippen molar-refractivity contribution in [1.82, 2.24) is 20.2 Å². The summed E-state index contributed by atoms with van der Waals surface area (Å²) in [6.45, 7) is 7.14. The van der Waals surface area contributed by atoms with Crippen molar-refractivity contribution < 1.29 is 13.9 Å². The van der Waals surface area contributed by atoms with E-state index in [1.807, 2.05) is 6.92 Å². The number of hydrogen-bond donors (Lipinski definition) is 2. The van der Waals surface area contributed by atoms with Crippen LogP contribution < -0.4 is 10.6 Å². The third-order valence-electron chi connectivity index (χ3n) is 6.00. The van der Waals surface area contributed by atoms with Gasteiger partial charge in [0, 0.05) is 25.6 Å². The number of rotatable bonds is 8. The van der Waals surface area contributed by atoms with E-state index in [9.17, 15) is 9.18 Å². The van der Waals surface area contributed by atoms with E-state index in [-0.39, 0.29) is 29.4 Å². The molecule has 2 saturated heterocycles. The highest BCUT2D eigenvalue weighted by molar-refractivity contribution is 5.92. The molecular formula is C23H30FN5O2. The van der Waals surface area contributed by atoms with Crippen LogP contribution in [0.2, 0.25) is 0 Å². The maximum Gasteiger partial charge on any atom is 0.271 e. The van der Waals surface area contributed by atoms with Crippen molar-refractivity contribution in [2.75, 3.05) is 44.7 Å². The molecule has 2 aliphatic rings. The lowest BCUT2D eigenvalue weighted by Gasteiger charge is -2.19. The largest absolute Gasteiger partial charge is 0.379 e. The van der Waals surface area contributed by atoms with Gasteiger partial charge in [0.15, 0.2) is 0 Å². The fraction of sp³-hybridized carbons (Fsp3) is 0.522. The van der Waals surface area contributed by atoms with Gasteiger partial charge in [0.1, 0.15) is 17.3 Å². The van der Waals surface area contributed by atoms with E-state index >= 15 is 0 Å². The lowest BCUT2D eigenvalue weighted by molar-refractivity contribution is 0.0924. The predicted octanol–water partition coefficient (Wildman–Crippen LogP) is 2.79. The summed E-state index contributed by atoms with van der Waals surface area (Å²) in [5, 5.41) is 6.37. The molecule has 2 N–H and O–H groups in total. The van der Waals surface area contributed by atoms with Gasteiger partial charge in [-0.3, -0.25) is 4.79 Å². The molecule has 2 aromatic rings. The third kappa shape index (κ3) is 5.57. The zero-order chi connectivity index (χ0) is 21.6. The Morgan fingerprint density at radius 3 is 2.77 bits per heavy atom. The van der Waals surface area contributed by atoms with Gasteiger partial charge in [0.25, 0.3) is 5.91 Å². The summed E-state index contributed by atoms with van der Waals surface area (Å²) in [6.07, 6.45) is 4.82. The van der Waals surface area contributed by atoms with Crippen LogP contribution in [0.3, 0.4) is 0 Å². The standard InChI is InChI=1S/C23H30FN5O2/c1-16(17-4-6-18(24)7-5-17)21-22(25-9-12-29-10-2-3-11-29)26-14-20(28-21)23(30)27-19-8-13-31-15-19/h4-7,14,16,19H,2-3,8-13,15H2,1H3,(H,25,26)(H,27,30)/t16-,19-/m1/s1. The van der Waals surface area contributed by atoms with Gasteiger partial charge in [-0.1, -0.05) is 19.1 Å². The quantitative estimate of drug-likeness (QED) is 0.675. The normalized spacial score (nSPS) is 20.0. The topological polar surface area (TPSA) is 79.4 Å². The molecule has 0 aliphatic carbocycles. The summed E-state index contributed by atoms with van der Waals surface area (Å²) < 4.78 is 18.7. The number of amides is 1. The summed E-state index contributed by atoms with van der Waals surface area (Å²) in [7, 11) is 0. The molecule has 1 aromatic carbocycles. The number of benzene rings is 1. The van der Waals surface area contributed by atoms with Crippen molar-refractivity contribution in [3.63, 3.8) is 0 Å². The molecule has 31 heavy (non-hydrogen) atoms. The number of nitrogens with one attached hydrogen (secondary N) is 2. The third-order valence-corrected chi connectivity index (χ3v) is 6.00. The number of hydrogen-bond acceptors (Lipinski definition) is 6. The minimum atomic E-state index is -0.280. The molecule has 0 bridgehead atoms. The molecule has 3 heterocycles. The second-order valence-electron chi connectivity index (χ2n) is 8.27. The number of anilines is 1. The van der Waals surface area contributed by atoms with Crippen molar-refractivity contribution >= 4 is 11.7 Å². The zero-order valence-corrected chi connectivity index (χ0v) is 17.9. The van der Waals surface area contributed by atoms with E-state index in [2.05, 4.69) is 25.5 Å². The number of carbonyl (C=O) groups excluding carboxylic acids is 1. The number of halogens is 1. The highest BCUT2D eigenvalue weighted by Gasteiger charge is 2.23. The molecular weight excluding hydrogens is 397 g/mol. The number of likely N-dealkylation sites (tertiary alicyclic amines) is 1. The smallest absolute Gasteiger partial charge is 0.271 e. The Bertz CT molecular complexity index is 880. The summed E-state index contributed by atoms with van der Waals surface area (Å²) in [6, 6.07) is 6.38. The van der Waals surface area contributed by atoms with Crippen LogP contribution in [0.1, 0.15) is 53.8 Å². The van der Waals surface area contributed by atoms with Gasteiger partial charge >= 0.3 is 0 Å². The fourth-order valence-corrected chi connectivity index (χ4v) is 4.11. The fourth-order valence-electron chi connectivity index (χ4n) is 4.11. The van der Waals surface area contributed by atoms with Gasteiger partial charge in [-0.15, -0.1) is 0 Å². The first-order chi connectivity index (χ1) is 15.1. The molecule has 2 fully saturated rings. The minimum absolute atomic E-state index is 0.00512. The summed E-state index contributed by atoms with van der Waals surface area (Å²) >= 11 is 0. The maximum atomic E-state index is 13.4. The molecule has 2 aliphatic heterocycles. The van der Waals surface area contributed by atoms with E-state index in [0.717, 1.165) is 38.2 Å². The van der Waals surface area contributed by atoms with Crippen molar-refractivity contribution in [3.05, 3.63) is 53.2 Å². The lowest BCUT2D eigenvalue weighted by Crippen LogP contribution is -2.35. The Morgan fingerprint density at radius 2 is 2.06 bits per heavy atom. The lowest BCUT2D eigenvalue weighted by atomic mass is 9.97. The van der Waals surface area contributed by atoms with Crippen molar-refractivity contribution in [1.29, 1.82) is 0 Å². The monoisotopic (exact) mass is 427 g/mol. The van der Waals surface area contributed by atoms with Gasteiger partial charge in [-0.2, -0.15) is 0 Å². The molecule has 0 spiro atoms. The SMILES string of the molecule is C[C@H](c1ccc(F)cc1)c1nc(C(=O)N[C@@H]2CCOC2)cnc1NCCN1CCCC1. The summed E-state index contributed by atoms with van der Waals surface area (Å²) in [4.78, 5) is 24.4. The van der Waals surface area contributed by atoms with E-state index < -0.39 is 0 Å². The zero-order valence-electron chi connectivity index (χ0n) is 17.9. The first-order valence-corrected chi connectivity index (χ1v) is 11.1. The van der Waals surface area contributed by atoms with Crippen LogP contribution >= 0.6 is 0 Å². The van der Waals surface area contributed by atoms with E-state index in [0.29, 0.717) is 24.7 Å². The molecule has 1 aromatic heterocycles. The first kappa shape index (κ1) is 21.6. The van der Waals surface area contributed by atoms with E-state index in [1.165, 1.54) is 31.2 Å². The predicted molar refractivity (Wildman–Crippen MR) is 117 cm³/mol. The average molecular weight is 428 g/mol. The molecule has 8 heteroatoms. The van der Waals surface area contributed by atoms with E-state index in [1.54, 1.807) is 12.1 Å². The van der Waals surface area contributed by atoms with Crippen molar-refractivity contribution in [3.8, 4) is 0 Å². The van der Waals surface area contributed by atoms with Crippen molar-refractivity contribution in [2.45, 2.75) is 38.1 Å². The molecule has 0 saturated carbocycles. The van der Waals surface area contributed by atoms with Gasteiger partial charge in [-0.25, -0.2) is 14.4 Å². The first-order valence-electron chi connectivity index (χ1n) is 11.1. The minimum Gasteiger partial charge on any atom is -0.379 e. The Hall–Kier alpha value is -2.58. The number of ether oxygens (including phenoxy) is 1. The molecule has 0 unspecified atom stereocenters. The Labute approximate surface area is 182 Å². The summed E-state index contributed by atoms with van der Waals surface area (Å²) in [5.74, 6) is -0.0150. The van der Waals surface area contributed by atoms with Gasteiger partial charge < -0.3 is 20.3 Å². The Balaban J connectivity index is 1.53. The maximum absolute atomic E-state index is 13.4. The average Bonchev–Trinajstić information content (AvgIpc) is 3.48. The molecule has 1 amide bonds. The van der Waals surface area contributed by atoms with Crippen molar-refractivity contribution in [2.24, 2.45) is 0 Å². The molecule has 2 atom stereocenters. The number of aromatic nitrogens is 2. The van der Waals surface area contributed by atoms with Gasteiger partial charge in [0.2, 0.25) is 0 Å². The second kappa shape index (κ2) is 10.2. The molecule has 7 nitrogen and oxygen atoms in total. The number of carbonyl (C=O) groups is 1. The van der Waals surface area contributed by atoms with Crippen LogP contribution in [0.5, 0.6) is 0 Å². The molecule has 0 radical (unpaired) electrons. The van der Waals surface area contributed by atoms with Crippen LogP contribution in [0, 0.1) is 5.82 Å². The second-order valence-corrected chi connectivity index (χ2v) is 8.27. The van der Waals surface area contributed by atoms with Crippen LogP contribution in [-0.4, -0.2) is 66.2 Å². The Kier molecular flexibility index (Phi) is 7.09. The van der Waals surface area contributed by atoms with E-state index in [4.69, 9.17) is 4.74 Å². The van der Waals surface area contributed by atoms with Gasteiger partial charge in [0.05, 0.1) is 24.5 Å². The molecule has 4 rings (SSSR count). The molecule has 166 valence electrons. The van der Waals surface area contributed by atoms with Crippen LogP contribution in [0.15, 0.2) is 30.5 Å². The highest BCUT2D eigenvalue weighted by atomic mass is 19.1. The van der Waals surface area contributed by atoms with Crippen LogP contribution in [0.4, 0.5) is 10.2 Å². The van der Waals surface area contributed by atoms with Gasteiger partial charge in [-0.05, 0) is 50.0 Å². The van der Waals surface area contributed by atoms with Crippen LogP contribution in [0.25, 0.3) is 0 Å². The Morgan fingerprint density at radius 1 is 1.29 bits per heavy atom.